The van der Waals surface area contributed by atoms with E-state index in [0.717, 1.165) is 6.08 Å². The molecule has 0 fully saturated rings. The van der Waals surface area contributed by atoms with Gasteiger partial charge in [0.15, 0.2) is 11.9 Å². The van der Waals surface area contributed by atoms with E-state index in [4.69, 9.17) is 25.5 Å². The van der Waals surface area contributed by atoms with E-state index in [-0.39, 0.29) is 23.2 Å². The summed E-state index contributed by atoms with van der Waals surface area (Å²) in [6.45, 7) is 2.89. The summed E-state index contributed by atoms with van der Waals surface area (Å²) in [5.41, 5.74) is -2.26. The van der Waals surface area contributed by atoms with Crippen molar-refractivity contribution >= 4 is 17.4 Å². The van der Waals surface area contributed by atoms with Gasteiger partial charge >= 0.3 is 0 Å². The van der Waals surface area contributed by atoms with Crippen molar-refractivity contribution in [2.75, 3.05) is 0 Å². The fraction of sp³-hybridized carbons (Fsp3) is 0.267. The van der Waals surface area contributed by atoms with E-state index in [1.165, 1.54) is 24.3 Å². The molecule has 0 radical (unpaired) electrons. The second kappa shape index (κ2) is 6.50. The largest absolute Gasteiger partial charge is 0.461 e. The van der Waals surface area contributed by atoms with Crippen LogP contribution in [0.15, 0.2) is 45.8 Å². The second-order valence-corrected chi connectivity index (χ2v) is 4.87. The molecule has 2 atom stereocenters. The van der Waals surface area contributed by atoms with E-state index < -0.39 is 24.1 Å². The van der Waals surface area contributed by atoms with E-state index in [9.17, 15) is 15.0 Å². The molecular weight excluding hydrogens is 312 g/mol. The lowest BCUT2D eigenvalue weighted by molar-refractivity contribution is -0.139. The Morgan fingerprint density at radius 2 is 1.82 bits per heavy atom. The monoisotopic (exact) mass is 326 g/mol. The molecule has 0 aliphatic rings. The number of ketones is 1. The number of aliphatic hydroxyl groups excluding tert-OH is 2. The van der Waals surface area contributed by atoms with E-state index in [1.807, 2.05) is 0 Å². The first-order valence-corrected chi connectivity index (χ1v) is 6.92. The Hall–Kier alpha value is -1.86. The number of hydrogen-bond acceptors (Lipinski definition) is 6. The van der Waals surface area contributed by atoms with Gasteiger partial charge in [-0.3, -0.25) is 4.79 Å². The van der Waals surface area contributed by atoms with Crippen LogP contribution >= 0.6 is 11.6 Å². The molecule has 0 aliphatic carbocycles. The lowest BCUT2D eigenvalue weighted by atomic mass is 9.88. The standard InChI is InChI=1S/C15H15ClO6/c1-2-11(18)14(19)15(20,12-5-3-9(7-16)21-12)13-6-4-10(8-17)22-13/h2-6,14,17,19-20H,1,7-8H2. The lowest BCUT2D eigenvalue weighted by Gasteiger charge is -2.27. The molecule has 2 heterocycles. The molecule has 2 unspecified atom stereocenters. The maximum Gasteiger partial charge on any atom is 0.213 e. The van der Waals surface area contributed by atoms with Crippen LogP contribution in [0.25, 0.3) is 0 Å². The molecule has 0 amide bonds. The van der Waals surface area contributed by atoms with Crippen LogP contribution in [0, 0.1) is 0 Å². The number of aliphatic hydroxyl groups is 3. The number of carbonyl (C=O) groups is 1. The zero-order chi connectivity index (χ0) is 16.3. The Morgan fingerprint density at radius 1 is 1.27 bits per heavy atom. The normalized spacial score (nSPS) is 15.3. The summed E-state index contributed by atoms with van der Waals surface area (Å²) in [5, 5.41) is 30.2. The summed E-state index contributed by atoms with van der Waals surface area (Å²) in [5.74, 6) is -0.493. The molecule has 7 heteroatoms. The van der Waals surface area contributed by atoms with Crippen LogP contribution in [-0.2, 0) is 22.9 Å². The van der Waals surface area contributed by atoms with Gasteiger partial charge in [0.2, 0.25) is 5.60 Å². The van der Waals surface area contributed by atoms with Gasteiger partial charge in [-0.1, -0.05) is 6.58 Å². The minimum absolute atomic E-state index is 0.0572. The minimum atomic E-state index is -2.26. The number of carbonyl (C=O) groups excluding carboxylic acids is 1. The summed E-state index contributed by atoms with van der Waals surface area (Å²) in [7, 11) is 0. The second-order valence-electron chi connectivity index (χ2n) is 4.60. The van der Waals surface area contributed by atoms with Gasteiger partial charge in [-0.15, -0.1) is 11.6 Å². The fourth-order valence-corrected chi connectivity index (χ4v) is 2.17. The third-order valence-corrected chi connectivity index (χ3v) is 3.49. The van der Waals surface area contributed by atoms with Crippen LogP contribution in [0.5, 0.6) is 0 Å². The molecule has 6 nitrogen and oxygen atoms in total. The summed E-state index contributed by atoms with van der Waals surface area (Å²) in [6.07, 6.45) is -1.01. The molecule has 2 rings (SSSR count). The fourth-order valence-electron chi connectivity index (χ4n) is 2.03. The zero-order valence-corrected chi connectivity index (χ0v) is 12.3. The highest BCUT2D eigenvalue weighted by Gasteiger charge is 2.48. The Bertz CT molecular complexity index is 629. The van der Waals surface area contributed by atoms with Crippen LogP contribution in [0.1, 0.15) is 23.0 Å². The molecular formula is C15H15ClO6. The van der Waals surface area contributed by atoms with Crippen LogP contribution in [0.2, 0.25) is 0 Å². The first kappa shape index (κ1) is 16.5. The highest BCUT2D eigenvalue weighted by Crippen LogP contribution is 2.36. The predicted molar refractivity (Wildman–Crippen MR) is 77.1 cm³/mol. The van der Waals surface area contributed by atoms with Crippen LogP contribution < -0.4 is 0 Å². The Balaban J connectivity index is 2.57. The molecule has 0 aromatic carbocycles. The van der Waals surface area contributed by atoms with Gasteiger partial charge < -0.3 is 24.2 Å². The molecule has 0 saturated carbocycles. The number of alkyl halides is 1. The lowest BCUT2D eigenvalue weighted by Crippen LogP contribution is -2.44. The molecule has 0 saturated heterocycles. The quantitative estimate of drug-likeness (QED) is 0.525. The number of hydrogen-bond donors (Lipinski definition) is 3. The maximum absolute atomic E-state index is 11.8. The molecule has 118 valence electrons. The van der Waals surface area contributed by atoms with E-state index in [2.05, 4.69) is 6.58 Å². The van der Waals surface area contributed by atoms with Gasteiger partial charge in [-0.05, 0) is 30.3 Å². The minimum Gasteiger partial charge on any atom is -0.461 e. The first-order chi connectivity index (χ1) is 10.5. The first-order valence-electron chi connectivity index (χ1n) is 6.39. The maximum atomic E-state index is 11.8. The van der Waals surface area contributed by atoms with Gasteiger partial charge in [0.25, 0.3) is 0 Å². The highest BCUT2D eigenvalue weighted by atomic mass is 35.5. The van der Waals surface area contributed by atoms with Crippen LogP contribution in [-0.4, -0.2) is 27.2 Å². The van der Waals surface area contributed by atoms with E-state index >= 15 is 0 Å². The summed E-state index contributed by atoms with van der Waals surface area (Å²) in [6, 6.07) is 5.65. The predicted octanol–water partition coefficient (Wildman–Crippen LogP) is 1.46. The van der Waals surface area contributed by atoms with Crippen molar-refractivity contribution in [3.05, 3.63) is 60.0 Å². The average molecular weight is 327 g/mol. The van der Waals surface area contributed by atoms with Gasteiger partial charge in [0, 0.05) is 0 Å². The van der Waals surface area contributed by atoms with Crippen molar-refractivity contribution in [1.82, 2.24) is 0 Å². The Labute approximate surface area is 131 Å². The van der Waals surface area contributed by atoms with Crippen molar-refractivity contribution in [3.63, 3.8) is 0 Å². The molecule has 0 spiro atoms. The number of halogens is 1. The summed E-state index contributed by atoms with van der Waals surface area (Å²) < 4.78 is 10.6. The molecule has 2 aromatic heterocycles. The molecule has 0 aliphatic heterocycles. The van der Waals surface area contributed by atoms with Crippen molar-refractivity contribution < 1.29 is 28.9 Å². The third-order valence-electron chi connectivity index (χ3n) is 3.23. The van der Waals surface area contributed by atoms with E-state index in [0.29, 0.717) is 5.76 Å². The van der Waals surface area contributed by atoms with Gasteiger partial charge in [0.05, 0.1) is 5.88 Å². The number of rotatable bonds is 7. The van der Waals surface area contributed by atoms with Crippen molar-refractivity contribution in [3.8, 4) is 0 Å². The Morgan fingerprint density at radius 3 is 2.23 bits per heavy atom. The van der Waals surface area contributed by atoms with Crippen molar-refractivity contribution in [2.45, 2.75) is 24.2 Å². The molecule has 0 bridgehead atoms. The molecule has 3 N–H and O–H groups in total. The highest BCUT2D eigenvalue weighted by molar-refractivity contribution is 6.16. The topological polar surface area (TPSA) is 104 Å². The van der Waals surface area contributed by atoms with Gasteiger partial charge in [-0.25, -0.2) is 0 Å². The zero-order valence-electron chi connectivity index (χ0n) is 11.5. The van der Waals surface area contributed by atoms with Crippen molar-refractivity contribution in [1.29, 1.82) is 0 Å². The third kappa shape index (κ3) is 2.74. The molecule has 22 heavy (non-hydrogen) atoms. The van der Waals surface area contributed by atoms with E-state index in [1.54, 1.807) is 0 Å². The average Bonchev–Trinajstić information content (AvgIpc) is 3.21. The van der Waals surface area contributed by atoms with Crippen LogP contribution in [0.4, 0.5) is 0 Å². The number of furan rings is 2. The van der Waals surface area contributed by atoms with Gasteiger partial charge in [0.1, 0.15) is 29.6 Å². The SMILES string of the molecule is C=CC(=O)C(O)C(O)(c1ccc(CO)o1)c1ccc(CCl)o1. The molecule has 2 aromatic rings. The van der Waals surface area contributed by atoms with Gasteiger partial charge in [-0.2, -0.15) is 0 Å². The van der Waals surface area contributed by atoms with Crippen molar-refractivity contribution in [2.24, 2.45) is 0 Å². The summed E-state index contributed by atoms with van der Waals surface area (Å²) >= 11 is 5.65. The van der Waals surface area contributed by atoms with Crippen LogP contribution in [0.3, 0.4) is 0 Å². The summed E-state index contributed by atoms with van der Waals surface area (Å²) in [4.78, 5) is 11.8. The smallest absolute Gasteiger partial charge is 0.213 e. The Kier molecular flexibility index (Phi) is 4.87.